The minimum Gasteiger partial charge on any atom is -0.476 e. The summed E-state index contributed by atoms with van der Waals surface area (Å²) in [4.78, 5) is 0. The zero-order chi connectivity index (χ0) is 12.2. The standard InChI is InChI=1S/C10H8F3NO2/c1-7(6-14)15-8-2-4-9(5-3-8)16-10(11,12)13/h2-5,7H,1H3. The molecule has 1 unspecified atom stereocenters. The fourth-order valence-electron chi connectivity index (χ4n) is 0.950. The summed E-state index contributed by atoms with van der Waals surface area (Å²) < 4.78 is 44.1. The first-order valence-electron chi connectivity index (χ1n) is 4.33. The predicted octanol–water partition coefficient (Wildman–Crippen LogP) is 2.88. The summed E-state index contributed by atoms with van der Waals surface area (Å²) in [5, 5.41) is 8.46. The van der Waals surface area contributed by atoms with Crippen molar-refractivity contribution in [1.82, 2.24) is 0 Å². The molecule has 0 N–H and O–H groups in total. The van der Waals surface area contributed by atoms with Crippen LogP contribution in [-0.4, -0.2) is 12.5 Å². The Hall–Kier alpha value is -1.90. The van der Waals surface area contributed by atoms with E-state index in [2.05, 4.69) is 4.74 Å². The minimum atomic E-state index is -4.71. The lowest BCUT2D eigenvalue weighted by Crippen LogP contribution is -2.17. The molecule has 0 spiro atoms. The Kier molecular flexibility index (Phi) is 3.61. The third-order valence-corrected chi connectivity index (χ3v) is 1.55. The first kappa shape index (κ1) is 12.2. The molecule has 0 fully saturated rings. The molecule has 1 atom stereocenters. The van der Waals surface area contributed by atoms with Gasteiger partial charge in [0.05, 0.1) is 0 Å². The van der Waals surface area contributed by atoms with E-state index in [1.807, 2.05) is 6.07 Å². The maximum absolute atomic E-state index is 11.8. The molecule has 1 aromatic carbocycles. The van der Waals surface area contributed by atoms with Crippen LogP contribution < -0.4 is 9.47 Å². The van der Waals surface area contributed by atoms with E-state index in [4.69, 9.17) is 10.00 Å². The number of benzene rings is 1. The second-order valence-electron chi connectivity index (χ2n) is 2.91. The fourth-order valence-corrected chi connectivity index (χ4v) is 0.950. The number of ether oxygens (including phenoxy) is 2. The zero-order valence-corrected chi connectivity index (χ0v) is 8.28. The van der Waals surface area contributed by atoms with E-state index in [1.54, 1.807) is 0 Å². The number of halogens is 3. The molecule has 0 radical (unpaired) electrons. The number of hydrogen-bond acceptors (Lipinski definition) is 3. The Balaban J connectivity index is 2.65. The lowest BCUT2D eigenvalue weighted by molar-refractivity contribution is -0.274. The number of rotatable bonds is 3. The molecule has 0 aliphatic carbocycles. The molecule has 1 aromatic rings. The molecule has 86 valence electrons. The highest BCUT2D eigenvalue weighted by molar-refractivity contribution is 5.31. The van der Waals surface area contributed by atoms with Gasteiger partial charge in [0.2, 0.25) is 0 Å². The topological polar surface area (TPSA) is 42.2 Å². The highest BCUT2D eigenvalue weighted by Gasteiger charge is 2.30. The molecule has 3 nitrogen and oxygen atoms in total. The van der Waals surface area contributed by atoms with Crippen molar-refractivity contribution >= 4 is 0 Å². The van der Waals surface area contributed by atoms with Crippen LogP contribution in [0, 0.1) is 11.3 Å². The first-order valence-corrected chi connectivity index (χ1v) is 4.33. The van der Waals surface area contributed by atoms with E-state index in [0.29, 0.717) is 5.75 Å². The summed E-state index contributed by atoms with van der Waals surface area (Å²) in [6.45, 7) is 1.53. The van der Waals surface area contributed by atoms with Crippen molar-refractivity contribution in [3.05, 3.63) is 24.3 Å². The molecule has 0 saturated carbocycles. The quantitative estimate of drug-likeness (QED) is 0.803. The Morgan fingerprint density at radius 2 is 1.69 bits per heavy atom. The van der Waals surface area contributed by atoms with E-state index in [0.717, 1.165) is 12.1 Å². The summed E-state index contributed by atoms with van der Waals surface area (Å²) in [5.41, 5.74) is 0. The minimum absolute atomic E-state index is 0.309. The largest absolute Gasteiger partial charge is 0.573 e. The summed E-state index contributed by atoms with van der Waals surface area (Å²) in [6.07, 6.45) is -5.36. The van der Waals surface area contributed by atoms with Crippen LogP contribution in [0.1, 0.15) is 6.92 Å². The average Bonchev–Trinajstić information content (AvgIpc) is 2.18. The third kappa shape index (κ3) is 4.09. The van der Waals surface area contributed by atoms with Crippen LogP contribution in [0.15, 0.2) is 24.3 Å². The van der Waals surface area contributed by atoms with Crippen molar-refractivity contribution in [2.24, 2.45) is 0 Å². The van der Waals surface area contributed by atoms with Gasteiger partial charge in [-0.15, -0.1) is 13.2 Å². The summed E-state index contributed by atoms with van der Waals surface area (Å²) >= 11 is 0. The fraction of sp³-hybridized carbons (Fsp3) is 0.300. The van der Waals surface area contributed by atoms with E-state index in [9.17, 15) is 13.2 Å². The van der Waals surface area contributed by atoms with E-state index in [-0.39, 0.29) is 5.75 Å². The van der Waals surface area contributed by atoms with Gasteiger partial charge in [-0.25, -0.2) is 0 Å². The van der Waals surface area contributed by atoms with E-state index < -0.39 is 12.5 Å². The second kappa shape index (κ2) is 4.75. The van der Waals surface area contributed by atoms with Gasteiger partial charge in [-0.2, -0.15) is 5.26 Å². The van der Waals surface area contributed by atoms with Gasteiger partial charge in [-0.3, -0.25) is 0 Å². The van der Waals surface area contributed by atoms with Crippen molar-refractivity contribution in [3.8, 4) is 17.6 Å². The van der Waals surface area contributed by atoms with Crippen LogP contribution in [0.5, 0.6) is 11.5 Å². The molecular formula is C10H8F3NO2. The summed E-state index contributed by atoms with van der Waals surface area (Å²) in [5.74, 6) is -0.0203. The van der Waals surface area contributed by atoms with Crippen molar-refractivity contribution < 1.29 is 22.6 Å². The van der Waals surface area contributed by atoms with Crippen LogP contribution in [0.2, 0.25) is 0 Å². The highest BCUT2D eigenvalue weighted by atomic mass is 19.4. The van der Waals surface area contributed by atoms with Gasteiger partial charge in [0.15, 0.2) is 6.10 Å². The van der Waals surface area contributed by atoms with Gasteiger partial charge in [0, 0.05) is 0 Å². The molecule has 0 aromatic heterocycles. The predicted molar refractivity (Wildman–Crippen MR) is 48.8 cm³/mol. The summed E-state index contributed by atoms with van der Waals surface area (Å²) in [6, 6.07) is 6.67. The number of nitriles is 1. The highest BCUT2D eigenvalue weighted by Crippen LogP contribution is 2.24. The Labute approximate surface area is 90.0 Å². The Morgan fingerprint density at radius 3 is 2.12 bits per heavy atom. The van der Waals surface area contributed by atoms with Gasteiger partial charge in [-0.05, 0) is 31.2 Å². The lowest BCUT2D eigenvalue weighted by Gasteiger charge is -2.10. The van der Waals surface area contributed by atoms with Crippen molar-refractivity contribution in [2.75, 3.05) is 0 Å². The van der Waals surface area contributed by atoms with Crippen LogP contribution >= 0.6 is 0 Å². The second-order valence-corrected chi connectivity index (χ2v) is 2.91. The molecule has 0 saturated heterocycles. The normalized spacial score (nSPS) is 12.7. The van der Waals surface area contributed by atoms with E-state index in [1.165, 1.54) is 19.1 Å². The van der Waals surface area contributed by atoms with Crippen molar-refractivity contribution in [1.29, 1.82) is 5.26 Å². The SMILES string of the molecule is CC(C#N)Oc1ccc(OC(F)(F)F)cc1. The van der Waals surface area contributed by atoms with Crippen LogP contribution in [-0.2, 0) is 0 Å². The number of alkyl halides is 3. The maximum Gasteiger partial charge on any atom is 0.573 e. The van der Waals surface area contributed by atoms with Crippen LogP contribution in [0.25, 0.3) is 0 Å². The van der Waals surface area contributed by atoms with Gasteiger partial charge < -0.3 is 9.47 Å². The smallest absolute Gasteiger partial charge is 0.476 e. The number of nitrogens with zero attached hydrogens (tertiary/aromatic N) is 1. The molecule has 0 aliphatic rings. The molecule has 0 amide bonds. The molecule has 16 heavy (non-hydrogen) atoms. The maximum atomic E-state index is 11.8. The zero-order valence-electron chi connectivity index (χ0n) is 8.28. The lowest BCUT2D eigenvalue weighted by atomic mass is 10.3. The average molecular weight is 231 g/mol. The van der Waals surface area contributed by atoms with Gasteiger partial charge in [0.1, 0.15) is 17.6 Å². The van der Waals surface area contributed by atoms with Crippen molar-refractivity contribution in [3.63, 3.8) is 0 Å². The molecule has 1 rings (SSSR count). The van der Waals surface area contributed by atoms with E-state index >= 15 is 0 Å². The molecule has 0 heterocycles. The third-order valence-electron chi connectivity index (χ3n) is 1.55. The molecule has 6 heteroatoms. The van der Waals surface area contributed by atoms with Crippen LogP contribution in [0.3, 0.4) is 0 Å². The van der Waals surface area contributed by atoms with Crippen LogP contribution in [0.4, 0.5) is 13.2 Å². The molecular weight excluding hydrogens is 223 g/mol. The van der Waals surface area contributed by atoms with Crippen molar-refractivity contribution in [2.45, 2.75) is 19.4 Å². The van der Waals surface area contributed by atoms with Gasteiger partial charge in [-0.1, -0.05) is 0 Å². The molecule has 0 bridgehead atoms. The van der Waals surface area contributed by atoms with Gasteiger partial charge in [0.25, 0.3) is 0 Å². The monoisotopic (exact) mass is 231 g/mol. The Morgan fingerprint density at radius 1 is 1.19 bits per heavy atom. The Bertz CT molecular complexity index is 381. The van der Waals surface area contributed by atoms with Gasteiger partial charge >= 0.3 is 6.36 Å². The number of hydrogen-bond donors (Lipinski definition) is 0. The molecule has 0 aliphatic heterocycles. The first-order chi connectivity index (χ1) is 7.40. The summed E-state index contributed by atoms with van der Waals surface area (Å²) in [7, 11) is 0.